The molecule has 1 fully saturated rings. The highest BCUT2D eigenvalue weighted by molar-refractivity contribution is 8.01. The molecule has 0 N–H and O–H groups in total. The summed E-state index contributed by atoms with van der Waals surface area (Å²) in [6.45, 7) is 4.01. The summed E-state index contributed by atoms with van der Waals surface area (Å²) in [6.07, 6.45) is 2.04. The molecule has 1 aromatic rings. The normalized spacial score (nSPS) is 20.1. The van der Waals surface area contributed by atoms with Crippen molar-refractivity contribution in [2.75, 3.05) is 30.9 Å². The molecule has 2 rings (SSSR count). The van der Waals surface area contributed by atoms with Crippen molar-refractivity contribution < 1.29 is 0 Å². The predicted octanol–water partition coefficient (Wildman–Crippen LogP) is 3.72. The SMILES string of the molecule is CS/C=C(\C)[C@@](C#N)(c1ccccc1)N1CCSCC1. The molecule has 0 radical (unpaired) electrons. The maximum Gasteiger partial charge on any atom is 0.156 e. The molecule has 1 aliphatic heterocycles. The van der Waals surface area contributed by atoms with Crippen LogP contribution < -0.4 is 0 Å². The zero-order valence-corrected chi connectivity index (χ0v) is 13.6. The van der Waals surface area contributed by atoms with E-state index in [1.54, 1.807) is 11.8 Å². The Bertz CT molecular complexity index is 501. The summed E-state index contributed by atoms with van der Waals surface area (Å²) in [7, 11) is 0. The van der Waals surface area contributed by atoms with Gasteiger partial charge in [-0.3, -0.25) is 4.90 Å². The fraction of sp³-hybridized carbons (Fsp3) is 0.438. The first-order chi connectivity index (χ1) is 9.75. The van der Waals surface area contributed by atoms with E-state index in [1.165, 1.54) is 0 Å². The molecule has 1 saturated heterocycles. The van der Waals surface area contributed by atoms with Crippen LogP contribution in [0.4, 0.5) is 0 Å². The van der Waals surface area contributed by atoms with Gasteiger partial charge in [0.15, 0.2) is 5.54 Å². The fourth-order valence-electron chi connectivity index (χ4n) is 2.72. The molecule has 1 atom stereocenters. The highest BCUT2D eigenvalue weighted by Gasteiger charge is 2.41. The van der Waals surface area contributed by atoms with Crippen molar-refractivity contribution in [3.05, 3.63) is 46.9 Å². The van der Waals surface area contributed by atoms with Gasteiger partial charge in [0, 0.05) is 24.6 Å². The Morgan fingerprint density at radius 1 is 1.35 bits per heavy atom. The highest BCUT2D eigenvalue weighted by atomic mass is 32.2. The molecule has 1 aromatic carbocycles. The zero-order chi connectivity index (χ0) is 14.4. The number of nitriles is 1. The monoisotopic (exact) mass is 304 g/mol. The lowest BCUT2D eigenvalue weighted by molar-refractivity contribution is 0.185. The summed E-state index contributed by atoms with van der Waals surface area (Å²) in [4.78, 5) is 2.33. The molecule has 2 nitrogen and oxygen atoms in total. The molecule has 0 unspecified atom stereocenters. The van der Waals surface area contributed by atoms with Crippen LogP contribution in [0.1, 0.15) is 12.5 Å². The van der Waals surface area contributed by atoms with E-state index in [2.05, 4.69) is 35.4 Å². The topological polar surface area (TPSA) is 27.0 Å². The molecule has 0 amide bonds. The minimum Gasteiger partial charge on any atom is -0.277 e. The average molecular weight is 304 g/mol. The minimum atomic E-state index is -0.620. The number of hydrogen-bond acceptors (Lipinski definition) is 4. The van der Waals surface area contributed by atoms with Crippen LogP contribution in [0.3, 0.4) is 0 Å². The molecular weight excluding hydrogens is 284 g/mol. The van der Waals surface area contributed by atoms with Crippen LogP contribution in [0, 0.1) is 11.3 Å². The summed E-state index contributed by atoms with van der Waals surface area (Å²) in [5.41, 5.74) is 1.58. The smallest absolute Gasteiger partial charge is 0.156 e. The van der Waals surface area contributed by atoms with Crippen LogP contribution >= 0.6 is 23.5 Å². The van der Waals surface area contributed by atoms with E-state index in [1.807, 2.05) is 36.2 Å². The first kappa shape index (κ1) is 15.5. The Balaban J connectivity index is 2.52. The standard InChI is InChI=1S/C16H20N2S2/c1-14(12-19-2)16(13-17,15-6-4-3-5-7-15)18-8-10-20-11-9-18/h3-7,12H,8-11H2,1-2H3/b14-12+/t16-/m0/s1. The van der Waals surface area contributed by atoms with Crippen molar-refractivity contribution in [2.45, 2.75) is 12.5 Å². The molecule has 20 heavy (non-hydrogen) atoms. The average Bonchev–Trinajstić information content (AvgIpc) is 2.51. The number of hydrogen-bond donors (Lipinski definition) is 0. The van der Waals surface area contributed by atoms with Crippen molar-refractivity contribution in [1.29, 1.82) is 5.26 Å². The van der Waals surface area contributed by atoms with Gasteiger partial charge >= 0.3 is 0 Å². The van der Waals surface area contributed by atoms with Crippen LogP contribution in [-0.2, 0) is 5.54 Å². The Morgan fingerprint density at radius 3 is 2.55 bits per heavy atom. The Morgan fingerprint density at radius 2 is 2.00 bits per heavy atom. The van der Waals surface area contributed by atoms with E-state index in [4.69, 9.17) is 0 Å². The predicted molar refractivity (Wildman–Crippen MR) is 89.9 cm³/mol. The van der Waals surface area contributed by atoms with E-state index in [-0.39, 0.29) is 0 Å². The quantitative estimate of drug-likeness (QED) is 0.847. The van der Waals surface area contributed by atoms with E-state index < -0.39 is 5.54 Å². The lowest BCUT2D eigenvalue weighted by atomic mass is 9.83. The molecule has 0 bridgehead atoms. The second kappa shape index (κ2) is 7.21. The lowest BCUT2D eigenvalue weighted by Crippen LogP contribution is -2.50. The first-order valence-corrected chi connectivity index (χ1v) is 9.19. The second-order valence-corrected chi connectivity index (χ2v) is 6.76. The summed E-state index contributed by atoms with van der Waals surface area (Å²) in [6, 6.07) is 12.8. The molecular formula is C16H20N2S2. The molecule has 4 heteroatoms. The number of thioether (sulfide) groups is 2. The zero-order valence-electron chi connectivity index (χ0n) is 12.0. The van der Waals surface area contributed by atoms with E-state index in [0.717, 1.165) is 35.7 Å². The second-order valence-electron chi connectivity index (χ2n) is 4.82. The van der Waals surface area contributed by atoms with Crippen LogP contribution in [0.2, 0.25) is 0 Å². The molecule has 0 aliphatic carbocycles. The van der Waals surface area contributed by atoms with Crippen LogP contribution in [0.25, 0.3) is 0 Å². The molecule has 1 aliphatic rings. The molecule has 1 heterocycles. The lowest BCUT2D eigenvalue weighted by Gasteiger charge is -2.42. The van der Waals surface area contributed by atoms with Crippen molar-refractivity contribution in [1.82, 2.24) is 4.90 Å². The molecule has 0 aromatic heterocycles. The van der Waals surface area contributed by atoms with Crippen molar-refractivity contribution in [3.63, 3.8) is 0 Å². The summed E-state index contributed by atoms with van der Waals surface area (Å²) < 4.78 is 0. The summed E-state index contributed by atoms with van der Waals surface area (Å²) in [5.74, 6) is 2.20. The van der Waals surface area contributed by atoms with Crippen molar-refractivity contribution in [2.24, 2.45) is 0 Å². The third kappa shape index (κ3) is 2.90. The largest absolute Gasteiger partial charge is 0.277 e. The number of benzene rings is 1. The van der Waals surface area contributed by atoms with E-state index in [0.29, 0.717) is 0 Å². The van der Waals surface area contributed by atoms with Gasteiger partial charge in [-0.05, 0) is 29.7 Å². The van der Waals surface area contributed by atoms with Gasteiger partial charge in [-0.15, -0.1) is 11.8 Å². The number of nitrogens with zero attached hydrogens (tertiary/aromatic N) is 2. The van der Waals surface area contributed by atoms with Gasteiger partial charge in [0.05, 0.1) is 6.07 Å². The van der Waals surface area contributed by atoms with Gasteiger partial charge in [0.25, 0.3) is 0 Å². The van der Waals surface area contributed by atoms with E-state index >= 15 is 0 Å². The Labute approximate surface area is 130 Å². The third-order valence-electron chi connectivity index (χ3n) is 3.70. The maximum atomic E-state index is 10.0. The van der Waals surface area contributed by atoms with Gasteiger partial charge in [-0.2, -0.15) is 17.0 Å². The Kier molecular flexibility index (Phi) is 5.59. The van der Waals surface area contributed by atoms with Gasteiger partial charge in [0.2, 0.25) is 0 Å². The van der Waals surface area contributed by atoms with Crippen LogP contribution in [-0.4, -0.2) is 35.8 Å². The van der Waals surface area contributed by atoms with Gasteiger partial charge in [0.1, 0.15) is 0 Å². The van der Waals surface area contributed by atoms with Crippen molar-refractivity contribution >= 4 is 23.5 Å². The first-order valence-electron chi connectivity index (χ1n) is 6.75. The van der Waals surface area contributed by atoms with Crippen LogP contribution in [0.5, 0.6) is 0 Å². The summed E-state index contributed by atoms with van der Waals surface area (Å²) in [5, 5.41) is 12.1. The van der Waals surface area contributed by atoms with Crippen LogP contribution in [0.15, 0.2) is 41.3 Å². The summed E-state index contributed by atoms with van der Waals surface area (Å²) >= 11 is 3.64. The Hall–Kier alpha value is -0.890. The van der Waals surface area contributed by atoms with Gasteiger partial charge < -0.3 is 0 Å². The third-order valence-corrected chi connectivity index (χ3v) is 5.24. The van der Waals surface area contributed by atoms with Gasteiger partial charge in [-0.1, -0.05) is 30.3 Å². The van der Waals surface area contributed by atoms with Gasteiger partial charge in [-0.25, -0.2) is 0 Å². The minimum absolute atomic E-state index is 0.620. The molecule has 0 spiro atoms. The molecule has 106 valence electrons. The van der Waals surface area contributed by atoms with Crippen molar-refractivity contribution in [3.8, 4) is 6.07 Å². The fourth-order valence-corrected chi connectivity index (χ4v) is 4.15. The highest BCUT2D eigenvalue weighted by Crippen LogP contribution is 2.37. The maximum absolute atomic E-state index is 10.0. The molecule has 0 saturated carbocycles. The van der Waals surface area contributed by atoms with E-state index in [9.17, 15) is 5.26 Å². The number of rotatable bonds is 4.